The maximum atomic E-state index is 13.1. The van der Waals surface area contributed by atoms with Crippen LogP contribution in [0.4, 0.5) is 11.4 Å². The standard InChI is InChI=1S/C27H34N4O4/c1-18-13-19(2)26(20(3)14-18)29-24(32)15-28-25(33)17-31-16-23(27(34)30-11-7-4-8-12-30)35-22-10-6-5-9-21(22)31/h5-6,9-10,13-14,23H,4,7-8,11-12,15-17H2,1-3H3,(H,28,33)(H,29,32). The van der Waals surface area contributed by atoms with Crippen LogP contribution in [-0.2, 0) is 14.4 Å². The quantitative estimate of drug-likeness (QED) is 0.666. The van der Waals surface area contributed by atoms with Crippen molar-refractivity contribution in [3.63, 3.8) is 0 Å². The Balaban J connectivity index is 1.37. The van der Waals surface area contributed by atoms with E-state index in [0.29, 0.717) is 5.75 Å². The lowest BCUT2D eigenvalue weighted by molar-refractivity contribution is -0.139. The van der Waals surface area contributed by atoms with Gasteiger partial charge in [-0.05, 0) is 63.3 Å². The second-order valence-electron chi connectivity index (χ2n) is 9.44. The highest BCUT2D eigenvalue weighted by atomic mass is 16.5. The Hall–Kier alpha value is -3.55. The van der Waals surface area contributed by atoms with Crippen LogP contribution in [0.2, 0.25) is 0 Å². The lowest BCUT2D eigenvalue weighted by Crippen LogP contribution is -2.53. The Morgan fingerprint density at radius 3 is 2.37 bits per heavy atom. The second kappa shape index (κ2) is 10.8. The monoisotopic (exact) mass is 478 g/mol. The summed E-state index contributed by atoms with van der Waals surface area (Å²) in [5, 5.41) is 5.61. The van der Waals surface area contributed by atoms with Gasteiger partial charge in [-0.1, -0.05) is 29.8 Å². The normalized spacial score (nSPS) is 17.3. The number of amides is 3. The highest BCUT2D eigenvalue weighted by molar-refractivity contribution is 5.96. The Labute approximate surface area is 206 Å². The highest BCUT2D eigenvalue weighted by Gasteiger charge is 2.34. The summed E-state index contributed by atoms with van der Waals surface area (Å²) in [7, 11) is 0. The summed E-state index contributed by atoms with van der Waals surface area (Å²) in [6.45, 7) is 7.59. The molecule has 2 N–H and O–H groups in total. The van der Waals surface area contributed by atoms with Gasteiger partial charge < -0.3 is 25.2 Å². The number of para-hydroxylation sites is 2. The summed E-state index contributed by atoms with van der Waals surface area (Å²) < 4.78 is 6.03. The Kier molecular flexibility index (Phi) is 7.58. The second-order valence-corrected chi connectivity index (χ2v) is 9.44. The summed E-state index contributed by atoms with van der Waals surface area (Å²) in [6, 6.07) is 11.4. The van der Waals surface area contributed by atoms with Crippen molar-refractivity contribution in [3.8, 4) is 5.75 Å². The van der Waals surface area contributed by atoms with Crippen molar-refractivity contribution in [2.24, 2.45) is 0 Å². The molecule has 2 aromatic carbocycles. The molecule has 2 aliphatic heterocycles. The van der Waals surface area contributed by atoms with Gasteiger partial charge in [-0.25, -0.2) is 0 Å². The number of nitrogens with zero attached hydrogens (tertiary/aromatic N) is 2. The van der Waals surface area contributed by atoms with Crippen molar-refractivity contribution in [1.29, 1.82) is 0 Å². The van der Waals surface area contributed by atoms with Crippen LogP contribution in [0.5, 0.6) is 5.75 Å². The van der Waals surface area contributed by atoms with E-state index in [1.54, 1.807) is 0 Å². The zero-order valence-corrected chi connectivity index (χ0v) is 20.7. The molecule has 1 unspecified atom stereocenters. The molecular formula is C27H34N4O4. The van der Waals surface area contributed by atoms with Crippen LogP contribution in [0, 0.1) is 20.8 Å². The van der Waals surface area contributed by atoms with Gasteiger partial charge in [0.15, 0.2) is 6.10 Å². The molecule has 0 radical (unpaired) electrons. The largest absolute Gasteiger partial charge is 0.477 e. The predicted molar refractivity (Wildman–Crippen MR) is 136 cm³/mol. The fourth-order valence-corrected chi connectivity index (χ4v) is 4.87. The lowest BCUT2D eigenvalue weighted by atomic mass is 10.1. The van der Waals surface area contributed by atoms with Gasteiger partial charge in [0.25, 0.3) is 5.91 Å². The van der Waals surface area contributed by atoms with Gasteiger partial charge >= 0.3 is 0 Å². The Morgan fingerprint density at radius 1 is 0.971 bits per heavy atom. The van der Waals surface area contributed by atoms with Gasteiger partial charge in [-0.3, -0.25) is 14.4 Å². The van der Waals surface area contributed by atoms with E-state index in [9.17, 15) is 14.4 Å². The van der Waals surface area contributed by atoms with Crippen LogP contribution >= 0.6 is 0 Å². The van der Waals surface area contributed by atoms with Crippen molar-refractivity contribution in [2.75, 3.05) is 42.9 Å². The van der Waals surface area contributed by atoms with Gasteiger partial charge in [0.05, 0.1) is 25.3 Å². The fraction of sp³-hybridized carbons (Fsp3) is 0.444. The smallest absolute Gasteiger partial charge is 0.265 e. The average molecular weight is 479 g/mol. The van der Waals surface area contributed by atoms with E-state index in [0.717, 1.165) is 60.4 Å². The molecule has 2 heterocycles. The molecule has 3 amide bonds. The summed E-state index contributed by atoms with van der Waals surface area (Å²) in [5.41, 5.74) is 4.64. The fourth-order valence-electron chi connectivity index (χ4n) is 4.87. The number of carbonyl (C=O) groups excluding carboxylic acids is 3. The molecule has 8 heteroatoms. The molecule has 35 heavy (non-hydrogen) atoms. The Bertz CT molecular complexity index is 1090. The number of ether oxygens (including phenoxy) is 1. The zero-order chi connectivity index (χ0) is 24.9. The molecule has 0 aliphatic carbocycles. The van der Waals surface area contributed by atoms with Gasteiger partial charge in [0.2, 0.25) is 11.8 Å². The summed E-state index contributed by atoms with van der Waals surface area (Å²) >= 11 is 0. The van der Waals surface area contributed by atoms with E-state index in [4.69, 9.17) is 4.74 Å². The minimum Gasteiger partial charge on any atom is -0.477 e. The number of fused-ring (bicyclic) bond motifs is 1. The summed E-state index contributed by atoms with van der Waals surface area (Å²) in [4.78, 5) is 42.1. The first kappa shape index (κ1) is 24.6. The summed E-state index contributed by atoms with van der Waals surface area (Å²) in [6.07, 6.45) is 2.49. The number of likely N-dealkylation sites (tertiary alicyclic amines) is 1. The molecule has 1 atom stereocenters. The van der Waals surface area contributed by atoms with Crippen molar-refractivity contribution in [2.45, 2.75) is 46.1 Å². The van der Waals surface area contributed by atoms with Crippen molar-refractivity contribution < 1.29 is 19.1 Å². The molecule has 0 bridgehead atoms. The van der Waals surface area contributed by atoms with Crippen molar-refractivity contribution >= 4 is 29.1 Å². The van der Waals surface area contributed by atoms with Crippen LogP contribution in [0.15, 0.2) is 36.4 Å². The molecular weight excluding hydrogens is 444 g/mol. The first-order valence-electron chi connectivity index (χ1n) is 12.3. The molecule has 186 valence electrons. The number of rotatable bonds is 6. The number of hydrogen-bond acceptors (Lipinski definition) is 5. The third kappa shape index (κ3) is 5.93. The summed E-state index contributed by atoms with van der Waals surface area (Å²) in [5.74, 6) is -0.0230. The number of aryl methyl sites for hydroxylation is 3. The first-order valence-corrected chi connectivity index (χ1v) is 12.3. The average Bonchev–Trinajstić information content (AvgIpc) is 2.85. The number of anilines is 2. The minimum absolute atomic E-state index is 0.0278. The number of benzene rings is 2. The van der Waals surface area contributed by atoms with Crippen LogP contribution in [0.25, 0.3) is 0 Å². The zero-order valence-electron chi connectivity index (χ0n) is 20.7. The first-order chi connectivity index (χ1) is 16.8. The van der Waals surface area contributed by atoms with Crippen LogP contribution in [0.3, 0.4) is 0 Å². The van der Waals surface area contributed by atoms with Crippen LogP contribution in [-0.4, -0.2) is 61.4 Å². The van der Waals surface area contributed by atoms with E-state index in [1.165, 1.54) is 0 Å². The van der Waals surface area contributed by atoms with Crippen molar-refractivity contribution in [1.82, 2.24) is 10.2 Å². The SMILES string of the molecule is Cc1cc(C)c(NC(=O)CNC(=O)CN2CC(C(=O)N3CCCCC3)Oc3ccccc32)c(C)c1. The van der Waals surface area contributed by atoms with Crippen LogP contribution < -0.4 is 20.3 Å². The van der Waals surface area contributed by atoms with Gasteiger partial charge in [-0.15, -0.1) is 0 Å². The topological polar surface area (TPSA) is 91.0 Å². The third-order valence-corrected chi connectivity index (χ3v) is 6.53. The molecule has 4 rings (SSSR count). The van der Waals surface area contributed by atoms with Gasteiger partial charge in [0.1, 0.15) is 5.75 Å². The van der Waals surface area contributed by atoms with Crippen LogP contribution in [0.1, 0.15) is 36.0 Å². The number of piperidine rings is 1. The molecule has 1 fully saturated rings. The third-order valence-electron chi connectivity index (χ3n) is 6.53. The van der Waals surface area contributed by atoms with Gasteiger partial charge in [0, 0.05) is 18.8 Å². The number of nitrogens with one attached hydrogen (secondary N) is 2. The van der Waals surface area contributed by atoms with E-state index < -0.39 is 6.10 Å². The number of carbonyl (C=O) groups is 3. The van der Waals surface area contributed by atoms with E-state index in [2.05, 4.69) is 10.6 Å². The molecule has 0 aromatic heterocycles. The highest BCUT2D eigenvalue weighted by Crippen LogP contribution is 2.33. The minimum atomic E-state index is -0.661. The molecule has 8 nitrogen and oxygen atoms in total. The van der Waals surface area contributed by atoms with E-state index >= 15 is 0 Å². The molecule has 0 saturated carbocycles. The molecule has 2 aromatic rings. The Morgan fingerprint density at radius 2 is 1.66 bits per heavy atom. The van der Waals surface area contributed by atoms with E-state index in [1.807, 2.05) is 67.0 Å². The van der Waals surface area contributed by atoms with Crippen molar-refractivity contribution in [3.05, 3.63) is 53.1 Å². The number of hydrogen-bond donors (Lipinski definition) is 2. The lowest BCUT2D eigenvalue weighted by Gasteiger charge is -2.38. The maximum Gasteiger partial charge on any atom is 0.265 e. The molecule has 2 aliphatic rings. The van der Waals surface area contributed by atoms with E-state index in [-0.39, 0.29) is 37.4 Å². The van der Waals surface area contributed by atoms with Gasteiger partial charge in [-0.2, -0.15) is 0 Å². The maximum absolute atomic E-state index is 13.1. The predicted octanol–water partition coefficient (Wildman–Crippen LogP) is 2.95. The molecule has 1 saturated heterocycles. The molecule has 0 spiro atoms.